The van der Waals surface area contributed by atoms with Crippen LogP contribution in [0.15, 0.2) is 0 Å². The average molecular weight is 326 g/mol. The first-order valence-electron chi connectivity index (χ1n) is 7.74. The second-order valence-electron chi connectivity index (χ2n) is 5.99. The molecule has 2 fully saturated rings. The minimum absolute atomic E-state index is 0.0512. The van der Waals surface area contributed by atoms with Gasteiger partial charge in [-0.3, -0.25) is 9.69 Å². The molecule has 3 rings (SSSR count). The fourth-order valence-electron chi connectivity index (χ4n) is 3.08. The van der Waals surface area contributed by atoms with Crippen LogP contribution in [0.5, 0.6) is 0 Å². The molecule has 0 radical (unpaired) electrons. The average Bonchev–Trinajstić information content (AvgIpc) is 3.14. The second kappa shape index (κ2) is 6.57. The smallest absolute Gasteiger partial charge is 0.267 e. The van der Waals surface area contributed by atoms with E-state index < -0.39 is 5.60 Å². The first kappa shape index (κ1) is 15.8. The molecule has 0 saturated carbocycles. The molecule has 3 heterocycles. The molecule has 2 aliphatic heterocycles. The summed E-state index contributed by atoms with van der Waals surface area (Å²) in [5.41, 5.74) is -0.0732. The Bertz CT molecular complexity index is 532. The van der Waals surface area contributed by atoms with E-state index in [0.717, 1.165) is 30.3 Å². The Morgan fingerprint density at radius 3 is 2.91 bits per heavy atom. The van der Waals surface area contributed by atoms with Crippen LogP contribution in [0.3, 0.4) is 0 Å². The lowest BCUT2D eigenvalue weighted by Crippen LogP contribution is -2.49. The van der Waals surface area contributed by atoms with Gasteiger partial charge in [-0.05, 0) is 24.4 Å². The Kier molecular flexibility index (Phi) is 4.72. The number of aryl methyl sites for hydroxylation is 1. The van der Waals surface area contributed by atoms with E-state index in [1.54, 1.807) is 4.90 Å². The number of aliphatic hydroxyl groups is 1. The maximum absolute atomic E-state index is 12.6. The van der Waals surface area contributed by atoms with E-state index in [4.69, 9.17) is 4.74 Å². The summed E-state index contributed by atoms with van der Waals surface area (Å²) < 4.78 is 9.21. The summed E-state index contributed by atoms with van der Waals surface area (Å²) in [5.74, 6) is -0.0512. The van der Waals surface area contributed by atoms with Crippen LogP contribution in [0.2, 0.25) is 0 Å². The van der Waals surface area contributed by atoms with Gasteiger partial charge in [0.1, 0.15) is 4.88 Å². The largest absolute Gasteiger partial charge is 0.387 e. The minimum Gasteiger partial charge on any atom is -0.387 e. The molecule has 22 heavy (non-hydrogen) atoms. The zero-order valence-corrected chi connectivity index (χ0v) is 13.6. The summed E-state index contributed by atoms with van der Waals surface area (Å²) >= 11 is 1.14. The van der Waals surface area contributed by atoms with E-state index in [2.05, 4.69) is 14.5 Å². The van der Waals surface area contributed by atoms with Gasteiger partial charge in [0.2, 0.25) is 0 Å². The van der Waals surface area contributed by atoms with Gasteiger partial charge in [0.25, 0.3) is 5.91 Å². The molecular weight excluding hydrogens is 304 g/mol. The molecule has 0 bridgehead atoms. The Morgan fingerprint density at radius 2 is 2.18 bits per heavy atom. The monoisotopic (exact) mass is 326 g/mol. The van der Waals surface area contributed by atoms with Crippen LogP contribution in [0.4, 0.5) is 0 Å². The fourth-order valence-corrected chi connectivity index (χ4v) is 3.80. The number of amides is 1. The van der Waals surface area contributed by atoms with Crippen LogP contribution in [-0.2, 0) is 11.2 Å². The van der Waals surface area contributed by atoms with E-state index in [9.17, 15) is 9.90 Å². The van der Waals surface area contributed by atoms with Crippen LogP contribution >= 0.6 is 11.5 Å². The molecule has 0 spiro atoms. The van der Waals surface area contributed by atoms with Crippen molar-refractivity contribution >= 4 is 17.4 Å². The third kappa shape index (κ3) is 3.29. The van der Waals surface area contributed by atoms with Gasteiger partial charge in [0.15, 0.2) is 0 Å². The maximum atomic E-state index is 12.6. The molecule has 0 aliphatic carbocycles. The summed E-state index contributed by atoms with van der Waals surface area (Å²) in [6, 6.07) is 0. The normalized spacial score (nSPS) is 26.5. The Labute approximate surface area is 134 Å². The van der Waals surface area contributed by atoms with Gasteiger partial charge in [-0.2, -0.15) is 0 Å². The predicted molar refractivity (Wildman–Crippen MR) is 82.0 cm³/mol. The van der Waals surface area contributed by atoms with Crippen LogP contribution in [0, 0.1) is 0 Å². The molecule has 7 nitrogen and oxygen atoms in total. The van der Waals surface area contributed by atoms with Crippen molar-refractivity contribution in [3.63, 3.8) is 0 Å². The number of nitrogens with zero attached hydrogens (tertiary/aromatic N) is 4. The zero-order chi connectivity index (χ0) is 15.6. The van der Waals surface area contributed by atoms with E-state index in [-0.39, 0.29) is 5.91 Å². The zero-order valence-electron chi connectivity index (χ0n) is 12.8. The number of hydrogen-bond donors (Lipinski definition) is 1. The maximum Gasteiger partial charge on any atom is 0.267 e. The summed E-state index contributed by atoms with van der Waals surface area (Å²) in [7, 11) is 0. The topological polar surface area (TPSA) is 78.8 Å². The molecule has 1 unspecified atom stereocenters. The highest BCUT2D eigenvalue weighted by atomic mass is 32.1. The molecule has 1 aromatic heterocycles. The lowest BCUT2D eigenvalue weighted by atomic mass is 10.0. The summed E-state index contributed by atoms with van der Waals surface area (Å²) in [4.78, 5) is 17.1. The highest BCUT2D eigenvalue weighted by molar-refractivity contribution is 7.08. The highest BCUT2D eigenvalue weighted by Crippen LogP contribution is 2.26. The molecule has 1 N–H and O–H groups in total. The number of morpholine rings is 1. The molecular formula is C14H22N4O3S. The SMILES string of the molecule is CCc1nnsc1C(=O)N1CCC(O)(CN2CCOCC2)C1. The molecule has 1 atom stereocenters. The third-order valence-corrected chi connectivity index (χ3v) is 5.08. The van der Waals surface area contributed by atoms with Crippen molar-refractivity contribution in [2.24, 2.45) is 0 Å². The van der Waals surface area contributed by atoms with Gasteiger partial charge < -0.3 is 14.7 Å². The number of rotatable bonds is 4. The number of carbonyl (C=O) groups is 1. The third-order valence-electron chi connectivity index (χ3n) is 4.33. The number of likely N-dealkylation sites (tertiary alicyclic amines) is 1. The number of hydrogen-bond acceptors (Lipinski definition) is 7. The van der Waals surface area contributed by atoms with Crippen molar-refractivity contribution in [3.8, 4) is 0 Å². The summed E-state index contributed by atoms with van der Waals surface area (Å²) in [5, 5.41) is 14.8. The first-order chi connectivity index (χ1) is 10.6. The van der Waals surface area contributed by atoms with Crippen LogP contribution in [0.25, 0.3) is 0 Å². The lowest BCUT2D eigenvalue weighted by molar-refractivity contribution is -0.0257. The van der Waals surface area contributed by atoms with Crippen LogP contribution in [-0.4, -0.2) is 81.9 Å². The van der Waals surface area contributed by atoms with E-state index in [1.165, 1.54) is 0 Å². The summed E-state index contributed by atoms with van der Waals surface area (Å²) in [6.45, 7) is 6.64. The fraction of sp³-hybridized carbons (Fsp3) is 0.786. The van der Waals surface area contributed by atoms with E-state index in [0.29, 0.717) is 50.6 Å². The highest BCUT2D eigenvalue weighted by Gasteiger charge is 2.40. The van der Waals surface area contributed by atoms with Crippen molar-refractivity contribution in [2.45, 2.75) is 25.4 Å². The van der Waals surface area contributed by atoms with Gasteiger partial charge in [-0.1, -0.05) is 11.4 Å². The number of aromatic nitrogens is 2. The first-order valence-corrected chi connectivity index (χ1v) is 8.51. The predicted octanol–water partition coefficient (Wildman–Crippen LogP) is 0.00970. The van der Waals surface area contributed by atoms with E-state index in [1.807, 2.05) is 6.92 Å². The van der Waals surface area contributed by atoms with Crippen molar-refractivity contribution in [3.05, 3.63) is 10.6 Å². The number of ether oxygens (including phenoxy) is 1. The molecule has 0 aromatic carbocycles. The lowest BCUT2D eigenvalue weighted by Gasteiger charge is -2.33. The van der Waals surface area contributed by atoms with Gasteiger partial charge in [-0.15, -0.1) is 5.10 Å². The van der Waals surface area contributed by atoms with Gasteiger partial charge in [0.05, 0.1) is 31.1 Å². The van der Waals surface area contributed by atoms with Gasteiger partial charge >= 0.3 is 0 Å². The van der Waals surface area contributed by atoms with Crippen LogP contribution in [0.1, 0.15) is 28.7 Å². The van der Waals surface area contributed by atoms with Crippen LogP contribution < -0.4 is 0 Å². The molecule has 1 aromatic rings. The van der Waals surface area contributed by atoms with Crippen molar-refractivity contribution < 1.29 is 14.6 Å². The van der Waals surface area contributed by atoms with E-state index >= 15 is 0 Å². The molecule has 1 amide bonds. The van der Waals surface area contributed by atoms with Gasteiger partial charge in [0, 0.05) is 26.2 Å². The Balaban J connectivity index is 1.62. The molecule has 8 heteroatoms. The van der Waals surface area contributed by atoms with Gasteiger partial charge in [-0.25, -0.2) is 0 Å². The van der Waals surface area contributed by atoms with Crippen molar-refractivity contribution in [1.82, 2.24) is 19.4 Å². The molecule has 2 saturated heterocycles. The second-order valence-corrected chi connectivity index (χ2v) is 6.75. The number of β-amino-alcohol motifs (C(OH)–C–C–N with tert-alkyl or cyclic N) is 1. The van der Waals surface area contributed by atoms with Crippen molar-refractivity contribution in [2.75, 3.05) is 45.9 Å². The Morgan fingerprint density at radius 1 is 1.41 bits per heavy atom. The Hall–Kier alpha value is -1.09. The molecule has 122 valence electrons. The minimum atomic E-state index is -0.822. The summed E-state index contributed by atoms with van der Waals surface area (Å²) in [6.07, 6.45) is 1.31. The van der Waals surface area contributed by atoms with Crippen molar-refractivity contribution in [1.29, 1.82) is 0 Å². The number of carbonyl (C=O) groups excluding carboxylic acids is 1. The standard InChI is InChI=1S/C14H22N4O3S/c1-2-11-12(22-16-15-11)13(19)18-4-3-14(20,10-18)9-17-5-7-21-8-6-17/h20H,2-10H2,1H3. The quantitative estimate of drug-likeness (QED) is 0.840. The molecule has 2 aliphatic rings.